The van der Waals surface area contributed by atoms with Crippen LogP contribution in [-0.4, -0.2) is 17.2 Å². The summed E-state index contributed by atoms with van der Waals surface area (Å²) in [5, 5.41) is 20.4. The predicted molar refractivity (Wildman–Crippen MR) is 58.5 cm³/mol. The van der Waals surface area contributed by atoms with Gasteiger partial charge < -0.3 is 10.0 Å². The Bertz CT molecular complexity index is 466. The van der Waals surface area contributed by atoms with E-state index in [1.165, 1.54) is 0 Å². The minimum atomic E-state index is -1.39. The summed E-state index contributed by atoms with van der Waals surface area (Å²) < 4.78 is 0. The highest BCUT2D eigenvalue weighted by Crippen LogP contribution is 2.13. The van der Waals surface area contributed by atoms with Gasteiger partial charge >= 0.3 is 7.12 Å². The Morgan fingerprint density at radius 1 is 1.00 bits per heavy atom. The van der Waals surface area contributed by atoms with E-state index >= 15 is 0 Å². The first-order valence-corrected chi connectivity index (χ1v) is 4.54. The van der Waals surface area contributed by atoms with E-state index in [9.17, 15) is 0 Å². The van der Waals surface area contributed by atoms with Gasteiger partial charge in [-0.3, -0.25) is 0 Å². The van der Waals surface area contributed by atoms with E-state index in [0.29, 0.717) is 5.46 Å². The minimum Gasteiger partial charge on any atom is -0.423 e. The third-order valence-corrected chi connectivity index (χ3v) is 2.41. The fourth-order valence-electron chi connectivity index (χ4n) is 1.65. The van der Waals surface area contributed by atoms with E-state index in [1.807, 2.05) is 43.3 Å². The van der Waals surface area contributed by atoms with Crippen molar-refractivity contribution in [1.29, 1.82) is 0 Å². The van der Waals surface area contributed by atoms with Crippen molar-refractivity contribution in [1.82, 2.24) is 0 Å². The lowest BCUT2D eigenvalue weighted by Crippen LogP contribution is -2.31. The summed E-state index contributed by atoms with van der Waals surface area (Å²) in [6.07, 6.45) is 0. The molecule has 0 unspecified atom stereocenters. The van der Waals surface area contributed by atoms with Gasteiger partial charge in [0.15, 0.2) is 0 Å². The number of hydrogen-bond acceptors (Lipinski definition) is 2. The maximum Gasteiger partial charge on any atom is 0.488 e. The summed E-state index contributed by atoms with van der Waals surface area (Å²) in [4.78, 5) is 0. The lowest BCUT2D eigenvalue weighted by atomic mass is 9.76. The molecule has 3 heteroatoms. The summed E-state index contributed by atoms with van der Waals surface area (Å²) in [5.74, 6) is 0. The van der Waals surface area contributed by atoms with Gasteiger partial charge in [0.25, 0.3) is 0 Å². The molecule has 2 nitrogen and oxygen atoms in total. The molecule has 0 aliphatic rings. The summed E-state index contributed by atoms with van der Waals surface area (Å²) in [6, 6.07) is 11.7. The first-order valence-electron chi connectivity index (χ1n) is 4.54. The van der Waals surface area contributed by atoms with Gasteiger partial charge in [-0.05, 0) is 23.2 Å². The third-order valence-electron chi connectivity index (χ3n) is 2.41. The Balaban J connectivity index is 2.71. The molecule has 2 aromatic rings. The van der Waals surface area contributed by atoms with Crippen LogP contribution in [0.5, 0.6) is 0 Å². The van der Waals surface area contributed by atoms with Crippen molar-refractivity contribution in [2.45, 2.75) is 6.92 Å². The zero-order chi connectivity index (χ0) is 10.1. The van der Waals surface area contributed by atoms with Crippen molar-refractivity contribution in [3.05, 3.63) is 42.0 Å². The maximum atomic E-state index is 9.12. The van der Waals surface area contributed by atoms with E-state index in [1.54, 1.807) is 0 Å². The number of rotatable bonds is 1. The molecule has 0 radical (unpaired) electrons. The van der Waals surface area contributed by atoms with Gasteiger partial charge in [0, 0.05) is 0 Å². The van der Waals surface area contributed by atoms with E-state index < -0.39 is 7.12 Å². The summed E-state index contributed by atoms with van der Waals surface area (Å²) >= 11 is 0. The molecular formula is C11H11BO2. The number of benzene rings is 2. The van der Waals surface area contributed by atoms with Gasteiger partial charge in [-0.15, -0.1) is 0 Å². The van der Waals surface area contributed by atoms with Gasteiger partial charge in [0.05, 0.1) is 0 Å². The van der Waals surface area contributed by atoms with Crippen LogP contribution in [0.3, 0.4) is 0 Å². The normalized spacial score (nSPS) is 10.5. The first-order chi connectivity index (χ1) is 6.68. The minimum absolute atomic E-state index is 0.573. The fraction of sp³-hybridized carbons (Fsp3) is 0.0909. The molecule has 0 saturated heterocycles. The number of aryl methyl sites for hydroxylation is 1. The molecule has 0 spiro atoms. The van der Waals surface area contributed by atoms with Crippen molar-refractivity contribution in [2.24, 2.45) is 0 Å². The SMILES string of the molecule is Cc1cc2ccccc2cc1B(O)O. The van der Waals surface area contributed by atoms with Crippen LogP contribution in [0.15, 0.2) is 36.4 Å². The smallest absolute Gasteiger partial charge is 0.423 e. The Morgan fingerprint density at radius 3 is 2.14 bits per heavy atom. The van der Waals surface area contributed by atoms with E-state index in [-0.39, 0.29) is 0 Å². The zero-order valence-electron chi connectivity index (χ0n) is 7.94. The van der Waals surface area contributed by atoms with Crippen molar-refractivity contribution in [3.63, 3.8) is 0 Å². The van der Waals surface area contributed by atoms with Crippen LogP contribution >= 0.6 is 0 Å². The molecular weight excluding hydrogens is 175 g/mol. The fourth-order valence-corrected chi connectivity index (χ4v) is 1.65. The van der Waals surface area contributed by atoms with Crippen LogP contribution in [-0.2, 0) is 0 Å². The molecule has 0 saturated carbocycles. The molecule has 0 amide bonds. The van der Waals surface area contributed by atoms with Gasteiger partial charge in [0.1, 0.15) is 0 Å². The topological polar surface area (TPSA) is 40.5 Å². The van der Waals surface area contributed by atoms with Crippen LogP contribution in [0.1, 0.15) is 5.56 Å². The van der Waals surface area contributed by atoms with Crippen molar-refractivity contribution >= 4 is 23.4 Å². The number of fused-ring (bicyclic) bond motifs is 1. The van der Waals surface area contributed by atoms with Gasteiger partial charge in [0.2, 0.25) is 0 Å². The first kappa shape index (κ1) is 9.25. The van der Waals surface area contributed by atoms with Crippen LogP contribution in [0.2, 0.25) is 0 Å². The molecule has 0 heterocycles. The van der Waals surface area contributed by atoms with Crippen LogP contribution in [0.25, 0.3) is 10.8 Å². The Labute approximate surface area is 83.0 Å². The summed E-state index contributed by atoms with van der Waals surface area (Å²) in [6.45, 7) is 1.88. The van der Waals surface area contributed by atoms with Crippen LogP contribution in [0.4, 0.5) is 0 Å². The van der Waals surface area contributed by atoms with Crippen molar-refractivity contribution < 1.29 is 10.0 Å². The van der Waals surface area contributed by atoms with Crippen LogP contribution < -0.4 is 5.46 Å². The number of hydrogen-bond donors (Lipinski definition) is 2. The standard InChI is InChI=1S/C11H11BO2/c1-8-6-9-4-2-3-5-10(9)7-11(8)12(13)14/h2-7,13-14H,1H3. The highest BCUT2D eigenvalue weighted by Gasteiger charge is 2.13. The molecule has 0 atom stereocenters. The largest absolute Gasteiger partial charge is 0.488 e. The van der Waals surface area contributed by atoms with Crippen molar-refractivity contribution in [2.75, 3.05) is 0 Å². The summed E-state index contributed by atoms with van der Waals surface area (Å²) in [5.41, 5.74) is 1.47. The predicted octanol–water partition coefficient (Wildman–Crippen LogP) is 0.828. The molecule has 2 aromatic carbocycles. The highest BCUT2D eigenvalue weighted by atomic mass is 16.4. The van der Waals surface area contributed by atoms with E-state index in [4.69, 9.17) is 10.0 Å². The lowest BCUT2D eigenvalue weighted by Gasteiger charge is -2.06. The summed E-state index contributed by atoms with van der Waals surface area (Å²) in [7, 11) is -1.39. The molecule has 0 aliphatic heterocycles. The average Bonchev–Trinajstić information content (AvgIpc) is 2.16. The van der Waals surface area contributed by atoms with Crippen molar-refractivity contribution in [3.8, 4) is 0 Å². The Kier molecular flexibility index (Phi) is 2.27. The molecule has 2 rings (SSSR count). The molecule has 0 aromatic heterocycles. The third kappa shape index (κ3) is 1.52. The molecule has 70 valence electrons. The van der Waals surface area contributed by atoms with Gasteiger partial charge in [-0.1, -0.05) is 42.0 Å². The second kappa shape index (κ2) is 3.44. The molecule has 2 N–H and O–H groups in total. The monoisotopic (exact) mass is 186 g/mol. The van der Waals surface area contributed by atoms with Crippen LogP contribution in [0, 0.1) is 6.92 Å². The Hall–Kier alpha value is -1.32. The maximum absolute atomic E-state index is 9.12. The zero-order valence-corrected chi connectivity index (χ0v) is 7.94. The molecule has 14 heavy (non-hydrogen) atoms. The second-order valence-corrected chi connectivity index (χ2v) is 3.43. The second-order valence-electron chi connectivity index (χ2n) is 3.43. The molecule has 0 fully saturated rings. The Morgan fingerprint density at radius 2 is 1.57 bits per heavy atom. The highest BCUT2D eigenvalue weighted by molar-refractivity contribution is 6.59. The van der Waals surface area contributed by atoms with E-state index in [2.05, 4.69) is 0 Å². The lowest BCUT2D eigenvalue weighted by molar-refractivity contribution is 0.425. The van der Waals surface area contributed by atoms with Gasteiger partial charge in [-0.25, -0.2) is 0 Å². The molecule has 0 aliphatic carbocycles. The van der Waals surface area contributed by atoms with Gasteiger partial charge in [-0.2, -0.15) is 0 Å². The molecule has 0 bridgehead atoms. The van der Waals surface area contributed by atoms with E-state index in [0.717, 1.165) is 16.3 Å². The average molecular weight is 186 g/mol. The quantitative estimate of drug-likeness (QED) is 0.647.